The second-order valence-corrected chi connectivity index (χ2v) is 20.2. The predicted octanol–water partition coefficient (Wildman–Crippen LogP) is 6.56. The minimum absolute atomic E-state index is 0.0223. The van der Waals surface area contributed by atoms with E-state index >= 15 is 0 Å². The van der Waals surface area contributed by atoms with Crippen molar-refractivity contribution < 1.29 is 72.0 Å². The number of cyclic esters (lactones) is 1. The molecule has 2 N–H and O–H groups in total. The lowest BCUT2D eigenvalue weighted by Crippen LogP contribution is -2.62. The Balaban J connectivity index is 1.64. The first-order valence-electron chi connectivity index (χ1n) is 24.5. The van der Waals surface area contributed by atoms with Crippen LogP contribution in [0, 0.1) is 23.7 Å². The Morgan fingerprint density at radius 1 is 0.754 bits per heavy atom. The van der Waals surface area contributed by atoms with Gasteiger partial charge in [-0.15, -0.1) is 0 Å². The Kier molecular flexibility index (Phi) is 19.2. The van der Waals surface area contributed by atoms with E-state index in [9.17, 15) is 29.4 Å². The summed E-state index contributed by atoms with van der Waals surface area (Å²) in [6, 6.07) is 16.9. The molecule has 0 bridgehead atoms. The number of esters is 3. The summed E-state index contributed by atoms with van der Waals surface area (Å²) < 4.78 is 58.5. The monoisotopic (exact) mass is 970 g/mol. The Labute approximate surface area is 408 Å². The van der Waals surface area contributed by atoms with E-state index in [1.807, 2.05) is 32.8 Å². The van der Waals surface area contributed by atoms with Gasteiger partial charge in [-0.1, -0.05) is 71.0 Å². The number of rotatable bonds is 13. The van der Waals surface area contributed by atoms with Gasteiger partial charge in [0, 0.05) is 38.4 Å². The summed E-state index contributed by atoms with van der Waals surface area (Å²) in [7, 11) is 6.80. The summed E-state index contributed by atoms with van der Waals surface area (Å²) in [5.74, 6) is -6.01. The Morgan fingerprint density at radius 3 is 1.83 bits per heavy atom. The number of Topliss-reactive ketones (excluding diaryl/α,β-unsaturated/α-hetero) is 1. The first-order valence-corrected chi connectivity index (χ1v) is 24.5. The van der Waals surface area contributed by atoms with Gasteiger partial charge < -0.3 is 57.7 Å². The van der Waals surface area contributed by atoms with Crippen molar-refractivity contribution in [2.45, 2.75) is 186 Å². The number of aliphatic hydroxyl groups is 2. The molecule has 2 aromatic carbocycles. The Morgan fingerprint density at radius 2 is 1.30 bits per heavy atom. The van der Waals surface area contributed by atoms with Crippen molar-refractivity contribution in [1.82, 2.24) is 4.90 Å². The fourth-order valence-electron chi connectivity index (χ4n) is 10.7. The van der Waals surface area contributed by atoms with E-state index < -0.39 is 114 Å². The van der Waals surface area contributed by atoms with E-state index in [4.69, 9.17) is 42.6 Å². The average Bonchev–Trinajstić information content (AvgIpc) is 3.34. The molecule has 3 fully saturated rings. The fraction of sp³-hybridized carbons (Fsp3) is 0.698. The highest BCUT2D eigenvalue weighted by Gasteiger charge is 2.56. The van der Waals surface area contributed by atoms with Gasteiger partial charge in [0.2, 0.25) is 0 Å². The third kappa shape index (κ3) is 12.4. The van der Waals surface area contributed by atoms with Crippen LogP contribution >= 0.6 is 0 Å². The topological polar surface area (TPSA) is 195 Å². The highest BCUT2D eigenvalue weighted by molar-refractivity contribution is 5.90. The van der Waals surface area contributed by atoms with Crippen LogP contribution in [0.3, 0.4) is 0 Å². The number of aliphatic hydroxyl groups excluding tert-OH is 1. The third-order valence-electron chi connectivity index (χ3n) is 15.1. The summed E-state index contributed by atoms with van der Waals surface area (Å²) >= 11 is 0. The number of ether oxygens (including phenoxy) is 9. The maximum absolute atomic E-state index is 14.8. The SMILES string of the molecule is CC[C@H]1OC(=O)[C@H](C)[C@@H](OC2C[C@@](C)(OC)[C@@H](OC(=O)c3ccccc3)[C@H](C)O2)[C@H](C)[C@@H](OC2O[C@H](C)C[C@H](N(C)C)[C@H]2OC(=O)c2ccccc2)[C@](C)(OC)C[C@@H](C)C(=O)[C@H](C)[C@@H](O)[C@@]1(O)CC. The molecule has 0 aromatic heterocycles. The first-order chi connectivity index (χ1) is 32.5. The molecule has 3 saturated heterocycles. The van der Waals surface area contributed by atoms with Crippen LogP contribution < -0.4 is 0 Å². The zero-order chi connectivity index (χ0) is 51.2. The predicted molar refractivity (Wildman–Crippen MR) is 255 cm³/mol. The molecule has 0 aliphatic carbocycles. The van der Waals surface area contributed by atoms with Gasteiger partial charge in [-0.05, 0) is 98.7 Å². The second kappa shape index (κ2) is 23.6. The lowest BCUT2D eigenvalue weighted by atomic mass is 9.73. The smallest absolute Gasteiger partial charge is 0.338 e. The normalized spacial score (nSPS) is 39.5. The zero-order valence-electron chi connectivity index (χ0n) is 43.1. The molecule has 2 aromatic rings. The molecule has 3 heterocycles. The van der Waals surface area contributed by atoms with Crippen LogP contribution in [-0.4, -0.2) is 151 Å². The molecular formula is C53H79NO15. The lowest BCUT2D eigenvalue weighted by Gasteiger charge is -2.50. The van der Waals surface area contributed by atoms with E-state index in [0.29, 0.717) is 17.5 Å². The molecule has 0 radical (unpaired) electrons. The van der Waals surface area contributed by atoms with Crippen molar-refractivity contribution in [3.63, 3.8) is 0 Å². The minimum Gasteiger partial charge on any atom is -0.459 e. The number of nitrogens with zero attached hydrogens (tertiary/aromatic N) is 1. The Hall–Kier alpha value is -3.84. The zero-order valence-corrected chi connectivity index (χ0v) is 43.1. The van der Waals surface area contributed by atoms with Crippen molar-refractivity contribution in [3.8, 4) is 0 Å². The van der Waals surface area contributed by atoms with E-state index in [1.54, 1.807) is 116 Å². The number of hydrogen-bond donors (Lipinski definition) is 2. The number of carbonyl (C=O) groups excluding carboxylic acids is 4. The molecule has 2 unspecified atom stereocenters. The van der Waals surface area contributed by atoms with Crippen molar-refractivity contribution in [3.05, 3.63) is 71.8 Å². The van der Waals surface area contributed by atoms with Gasteiger partial charge in [0.15, 0.2) is 24.8 Å². The second-order valence-electron chi connectivity index (χ2n) is 20.2. The van der Waals surface area contributed by atoms with E-state index in [1.165, 1.54) is 14.2 Å². The van der Waals surface area contributed by atoms with Crippen molar-refractivity contribution >= 4 is 23.7 Å². The quantitative estimate of drug-likeness (QED) is 0.162. The fourth-order valence-corrected chi connectivity index (χ4v) is 10.7. The number of benzene rings is 2. The average molecular weight is 970 g/mol. The highest BCUT2D eigenvalue weighted by Crippen LogP contribution is 2.43. The van der Waals surface area contributed by atoms with Crippen molar-refractivity contribution in [2.75, 3.05) is 28.3 Å². The van der Waals surface area contributed by atoms with Crippen LogP contribution in [0.4, 0.5) is 0 Å². The van der Waals surface area contributed by atoms with Gasteiger partial charge in [-0.2, -0.15) is 0 Å². The molecule has 386 valence electrons. The van der Waals surface area contributed by atoms with Gasteiger partial charge in [0.05, 0.1) is 59.2 Å². The summed E-state index contributed by atoms with van der Waals surface area (Å²) in [5.41, 5.74) is -3.80. The number of likely N-dealkylation sites (N-methyl/N-ethyl adjacent to an activating group) is 1. The van der Waals surface area contributed by atoms with E-state index in [-0.39, 0.29) is 43.6 Å². The molecule has 69 heavy (non-hydrogen) atoms. The number of carbonyl (C=O) groups is 4. The standard InChI is InChI=1S/C53H79NO15/c1-15-39-53(60,16-2)44(56)32(5)41(55)30(3)28-51(9,61-13)45(69-50-43(38(54(11)12)27-31(4)63-50)67-48(58)36-23-19-17-20-24-36)33(6)42(34(7)47(57)65-39)66-40-29-52(10,62-14)46(35(8)64-40)68-49(59)37-25-21-18-22-26-37/h17-26,30-35,38-40,42-46,50,56,60H,15-16,27-29H2,1-14H3/t30-,31-,32+,33+,34-,35+,38+,39-,40?,42+,43-,44-,45-,46+,50?,51-,52-,53-/m1/s1. The summed E-state index contributed by atoms with van der Waals surface area (Å²) in [6.07, 6.45) is -9.57. The largest absolute Gasteiger partial charge is 0.459 e. The molecule has 3 aliphatic heterocycles. The van der Waals surface area contributed by atoms with Gasteiger partial charge >= 0.3 is 17.9 Å². The summed E-state index contributed by atoms with van der Waals surface area (Å²) in [5, 5.41) is 24.1. The van der Waals surface area contributed by atoms with Gasteiger partial charge in [0.25, 0.3) is 0 Å². The number of methoxy groups -OCH3 is 2. The Bertz CT molecular complexity index is 2010. The van der Waals surface area contributed by atoms with Gasteiger partial charge in [-0.25, -0.2) is 9.59 Å². The molecule has 18 atom stereocenters. The van der Waals surface area contributed by atoms with Crippen LogP contribution in [0.5, 0.6) is 0 Å². The number of hydrogen-bond acceptors (Lipinski definition) is 16. The van der Waals surface area contributed by atoms with Gasteiger partial charge in [0.1, 0.15) is 23.1 Å². The summed E-state index contributed by atoms with van der Waals surface area (Å²) in [6.45, 7) is 17.5. The van der Waals surface area contributed by atoms with Crippen LogP contribution in [0.2, 0.25) is 0 Å². The molecule has 16 heteroatoms. The molecule has 0 saturated carbocycles. The molecule has 0 spiro atoms. The minimum atomic E-state index is -1.99. The maximum Gasteiger partial charge on any atom is 0.338 e. The lowest BCUT2D eigenvalue weighted by molar-refractivity contribution is -0.318. The first kappa shape index (κ1) is 56.1. The highest BCUT2D eigenvalue weighted by atomic mass is 16.7. The van der Waals surface area contributed by atoms with E-state index in [2.05, 4.69) is 0 Å². The molecule has 3 aliphatic rings. The van der Waals surface area contributed by atoms with Crippen LogP contribution in [0.25, 0.3) is 0 Å². The van der Waals surface area contributed by atoms with Crippen molar-refractivity contribution in [1.29, 1.82) is 0 Å². The van der Waals surface area contributed by atoms with E-state index in [0.717, 1.165) is 0 Å². The van der Waals surface area contributed by atoms with Crippen molar-refractivity contribution in [2.24, 2.45) is 23.7 Å². The summed E-state index contributed by atoms with van der Waals surface area (Å²) in [4.78, 5) is 58.4. The maximum atomic E-state index is 14.8. The number of ketones is 1. The third-order valence-corrected chi connectivity index (χ3v) is 15.1. The molecule has 16 nitrogen and oxygen atoms in total. The molecule has 5 rings (SSSR count). The van der Waals surface area contributed by atoms with Crippen LogP contribution in [0.1, 0.15) is 122 Å². The van der Waals surface area contributed by atoms with Crippen LogP contribution in [0.15, 0.2) is 60.7 Å². The van der Waals surface area contributed by atoms with Gasteiger partial charge in [-0.3, -0.25) is 9.59 Å². The molecule has 0 amide bonds. The molecular weight excluding hydrogens is 891 g/mol. The van der Waals surface area contributed by atoms with Crippen LogP contribution in [-0.2, 0) is 52.2 Å².